The third-order valence-electron chi connectivity index (χ3n) is 2.76. The summed E-state index contributed by atoms with van der Waals surface area (Å²) < 4.78 is 10.8. The highest BCUT2D eigenvalue weighted by atomic mass is 16.5. The Labute approximate surface area is 87.3 Å². The van der Waals surface area contributed by atoms with Crippen molar-refractivity contribution in [2.24, 2.45) is 0 Å². The molecule has 1 atom stereocenters. The van der Waals surface area contributed by atoms with Gasteiger partial charge in [0, 0.05) is 7.11 Å². The highest BCUT2D eigenvalue weighted by Gasteiger charge is 2.11. The summed E-state index contributed by atoms with van der Waals surface area (Å²) in [5, 5.41) is 0. The first-order valence-corrected chi connectivity index (χ1v) is 5.65. The van der Waals surface area contributed by atoms with Gasteiger partial charge in [0.1, 0.15) is 0 Å². The van der Waals surface area contributed by atoms with Crippen LogP contribution in [0.15, 0.2) is 11.6 Å². The van der Waals surface area contributed by atoms with Crippen molar-refractivity contribution < 1.29 is 9.47 Å². The van der Waals surface area contributed by atoms with Crippen molar-refractivity contribution in [2.45, 2.75) is 45.1 Å². The average Bonchev–Trinajstić information content (AvgIpc) is 2.25. The van der Waals surface area contributed by atoms with Crippen LogP contribution in [0.5, 0.6) is 0 Å². The Morgan fingerprint density at radius 2 is 2.43 bits per heavy atom. The van der Waals surface area contributed by atoms with Gasteiger partial charge in [-0.3, -0.25) is 0 Å². The van der Waals surface area contributed by atoms with Crippen molar-refractivity contribution >= 4 is 0 Å². The van der Waals surface area contributed by atoms with E-state index in [9.17, 15) is 0 Å². The molecule has 1 heterocycles. The van der Waals surface area contributed by atoms with Crippen molar-refractivity contribution in [3.8, 4) is 0 Å². The van der Waals surface area contributed by atoms with E-state index in [0.29, 0.717) is 6.10 Å². The van der Waals surface area contributed by atoms with Crippen LogP contribution < -0.4 is 0 Å². The lowest BCUT2D eigenvalue weighted by molar-refractivity contribution is 0.0883. The fourth-order valence-corrected chi connectivity index (χ4v) is 1.78. The number of hydrogen-bond donors (Lipinski definition) is 0. The molecule has 1 unspecified atom stereocenters. The van der Waals surface area contributed by atoms with Crippen LogP contribution >= 0.6 is 0 Å². The smallest absolute Gasteiger partial charge is 0.0650 e. The van der Waals surface area contributed by atoms with Gasteiger partial charge in [0.25, 0.3) is 0 Å². The Bertz CT molecular complexity index is 175. The summed E-state index contributed by atoms with van der Waals surface area (Å²) in [5.41, 5.74) is 1.51. The van der Waals surface area contributed by atoms with Crippen LogP contribution in [0.3, 0.4) is 0 Å². The van der Waals surface area contributed by atoms with E-state index in [1.54, 1.807) is 0 Å². The molecule has 0 bridgehead atoms. The van der Waals surface area contributed by atoms with Crippen LogP contribution in [0.25, 0.3) is 0 Å². The third kappa shape index (κ3) is 4.25. The van der Waals surface area contributed by atoms with Gasteiger partial charge < -0.3 is 9.47 Å². The van der Waals surface area contributed by atoms with E-state index in [0.717, 1.165) is 26.1 Å². The van der Waals surface area contributed by atoms with Crippen LogP contribution in [0.2, 0.25) is 0 Å². The average molecular weight is 198 g/mol. The quantitative estimate of drug-likeness (QED) is 0.611. The third-order valence-corrected chi connectivity index (χ3v) is 2.76. The molecule has 0 amide bonds. The molecule has 0 aromatic carbocycles. The van der Waals surface area contributed by atoms with E-state index in [1.807, 2.05) is 7.11 Å². The molecule has 0 saturated carbocycles. The first kappa shape index (κ1) is 11.7. The van der Waals surface area contributed by atoms with Crippen molar-refractivity contribution in [2.75, 3.05) is 20.3 Å². The van der Waals surface area contributed by atoms with E-state index >= 15 is 0 Å². The van der Waals surface area contributed by atoms with E-state index in [1.165, 1.54) is 24.8 Å². The van der Waals surface area contributed by atoms with Crippen molar-refractivity contribution in [1.29, 1.82) is 0 Å². The zero-order chi connectivity index (χ0) is 10.2. The number of rotatable bonds is 6. The van der Waals surface area contributed by atoms with E-state index in [-0.39, 0.29) is 0 Å². The number of unbranched alkanes of at least 4 members (excludes halogenated alkanes) is 1. The molecule has 0 N–H and O–H groups in total. The summed E-state index contributed by atoms with van der Waals surface area (Å²) in [6.45, 7) is 3.90. The fourth-order valence-electron chi connectivity index (χ4n) is 1.78. The van der Waals surface area contributed by atoms with Crippen LogP contribution in [0.4, 0.5) is 0 Å². The summed E-state index contributed by atoms with van der Waals surface area (Å²) in [6, 6.07) is 0. The second kappa shape index (κ2) is 7.02. The predicted molar refractivity (Wildman–Crippen MR) is 58.5 cm³/mol. The molecule has 1 aliphatic heterocycles. The van der Waals surface area contributed by atoms with Gasteiger partial charge in [0.05, 0.1) is 19.3 Å². The zero-order valence-electron chi connectivity index (χ0n) is 9.42. The molecular formula is C12H22O2. The Balaban J connectivity index is 2.27. The Morgan fingerprint density at radius 1 is 1.57 bits per heavy atom. The summed E-state index contributed by atoms with van der Waals surface area (Å²) in [4.78, 5) is 0. The zero-order valence-corrected chi connectivity index (χ0v) is 9.42. The molecule has 0 radical (unpaired) electrons. The maximum absolute atomic E-state index is 5.47. The minimum Gasteiger partial charge on any atom is -0.381 e. The second-order valence-corrected chi connectivity index (χ2v) is 3.89. The van der Waals surface area contributed by atoms with E-state index < -0.39 is 0 Å². The van der Waals surface area contributed by atoms with Crippen molar-refractivity contribution in [3.63, 3.8) is 0 Å². The van der Waals surface area contributed by atoms with Gasteiger partial charge in [-0.25, -0.2) is 0 Å². The predicted octanol–water partition coefficient (Wildman–Crippen LogP) is 2.93. The maximum atomic E-state index is 5.47. The molecule has 0 saturated heterocycles. The maximum Gasteiger partial charge on any atom is 0.0650 e. The summed E-state index contributed by atoms with van der Waals surface area (Å²) >= 11 is 0. The Hall–Kier alpha value is -0.340. The standard InChI is InChI=1S/C12H22O2/c1-3-4-5-12(13-2)10-11-6-8-14-9-7-11/h6,12H,3-5,7-10H2,1-2H3. The van der Waals surface area contributed by atoms with Gasteiger partial charge >= 0.3 is 0 Å². The van der Waals surface area contributed by atoms with Gasteiger partial charge in [-0.15, -0.1) is 0 Å². The lowest BCUT2D eigenvalue weighted by Crippen LogP contribution is -2.14. The highest BCUT2D eigenvalue weighted by Crippen LogP contribution is 2.18. The molecule has 14 heavy (non-hydrogen) atoms. The van der Waals surface area contributed by atoms with Crippen molar-refractivity contribution in [3.05, 3.63) is 11.6 Å². The van der Waals surface area contributed by atoms with Crippen LogP contribution in [0, 0.1) is 0 Å². The fraction of sp³-hybridized carbons (Fsp3) is 0.833. The first-order valence-electron chi connectivity index (χ1n) is 5.65. The van der Waals surface area contributed by atoms with Crippen LogP contribution in [0.1, 0.15) is 39.0 Å². The lowest BCUT2D eigenvalue weighted by Gasteiger charge is -2.19. The number of hydrogen-bond acceptors (Lipinski definition) is 2. The molecule has 0 spiro atoms. The molecule has 0 aromatic rings. The lowest BCUT2D eigenvalue weighted by atomic mass is 10.0. The molecule has 2 heteroatoms. The summed E-state index contributed by atoms with van der Waals surface area (Å²) in [7, 11) is 1.82. The first-order chi connectivity index (χ1) is 6.86. The molecule has 0 aliphatic carbocycles. The molecule has 1 rings (SSSR count). The Morgan fingerprint density at radius 3 is 3.00 bits per heavy atom. The number of methoxy groups -OCH3 is 1. The second-order valence-electron chi connectivity index (χ2n) is 3.89. The van der Waals surface area contributed by atoms with Crippen LogP contribution in [-0.4, -0.2) is 26.4 Å². The topological polar surface area (TPSA) is 18.5 Å². The van der Waals surface area contributed by atoms with Crippen molar-refractivity contribution in [1.82, 2.24) is 0 Å². The minimum atomic E-state index is 0.416. The van der Waals surface area contributed by atoms with E-state index in [4.69, 9.17) is 9.47 Å². The molecule has 0 aromatic heterocycles. The minimum absolute atomic E-state index is 0.416. The molecule has 2 nitrogen and oxygen atoms in total. The summed E-state index contributed by atoms with van der Waals surface area (Å²) in [6.07, 6.45) is 8.52. The van der Waals surface area contributed by atoms with Crippen LogP contribution in [-0.2, 0) is 9.47 Å². The van der Waals surface area contributed by atoms with Gasteiger partial charge in [-0.2, -0.15) is 0 Å². The monoisotopic (exact) mass is 198 g/mol. The molecule has 0 fully saturated rings. The van der Waals surface area contributed by atoms with Gasteiger partial charge in [0.2, 0.25) is 0 Å². The normalized spacial score (nSPS) is 19.1. The molecular weight excluding hydrogens is 176 g/mol. The van der Waals surface area contributed by atoms with Gasteiger partial charge in [-0.05, 0) is 19.3 Å². The van der Waals surface area contributed by atoms with Gasteiger partial charge in [0.15, 0.2) is 0 Å². The SMILES string of the molecule is CCCCC(CC1=CCOCC1)OC. The van der Waals surface area contributed by atoms with Gasteiger partial charge in [-0.1, -0.05) is 31.4 Å². The largest absolute Gasteiger partial charge is 0.381 e. The number of ether oxygens (including phenoxy) is 2. The van der Waals surface area contributed by atoms with E-state index in [2.05, 4.69) is 13.0 Å². The summed E-state index contributed by atoms with van der Waals surface area (Å²) in [5.74, 6) is 0. The molecule has 82 valence electrons. The Kier molecular flexibility index (Phi) is 5.88. The molecule has 1 aliphatic rings. The highest BCUT2D eigenvalue weighted by molar-refractivity contribution is 5.05.